The summed E-state index contributed by atoms with van der Waals surface area (Å²) in [7, 11) is 0. The van der Waals surface area contributed by atoms with E-state index in [1.54, 1.807) is 13.0 Å². The van der Waals surface area contributed by atoms with Gasteiger partial charge in [0.05, 0.1) is 41.8 Å². The van der Waals surface area contributed by atoms with Gasteiger partial charge >= 0.3 is 0 Å². The molecule has 0 aromatic heterocycles. The molecule has 8 N–H and O–H groups in total. The third kappa shape index (κ3) is 4.78. The SMILES string of the molecule is CCC[C@@H]1CC[C@H]2[C@H](C)[C@H]([C@@H](O)[C@](C)(O)[C@H]3CC[C@@]4(O)C5=CC(=O)[C@@H]6C[C@@H](O)[C@@H](O)C[C@@]67C[C@@]6(C8=CNC(N)C=C8)C=C[C@@H](C[C@]34C)[C@@]57C=C6)O[C@@H]2CC1. The zero-order valence-corrected chi connectivity index (χ0v) is 32.7. The monoisotopic (exact) mass is 744 g/mol. The number of nitrogens with two attached hydrogens (primary N) is 1. The fourth-order valence-corrected chi connectivity index (χ4v) is 14.9. The van der Waals surface area contributed by atoms with Crippen LogP contribution in [0.5, 0.6) is 0 Å². The van der Waals surface area contributed by atoms with Crippen molar-refractivity contribution in [3.63, 3.8) is 0 Å². The molecular formula is C45H64N2O7. The minimum atomic E-state index is -1.58. The molecule has 1 saturated heterocycles. The molecule has 5 fully saturated rings. The molecular weight excluding hydrogens is 681 g/mol. The van der Waals surface area contributed by atoms with Crippen LogP contribution in [0.3, 0.4) is 0 Å². The van der Waals surface area contributed by atoms with E-state index in [0.29, 0.717) is 37.2 Å². The number of aliphatic hydroxyl groups excluding tert-OH is 3. The second-order valence-electron chi connectivity index (χ2n) is 20.0. The van der Waals surface area contributed by atoms with E-state index in [4.69, 9.17) is 10.5 Å². The second kappa shape index (κ2) is 12.4. The highest BCUT2D eigenvalue weighted by molar-refractivity contribution is 5.96. The summed E-state index contributed by atoms with van der Waals surface area (Å²) in [4.78, 5) is 14.6. The quantitative estimate of drug-likeness (QED) is 0.191. The lowest BCUT2D eigenvalue weighted by atomic mass is 9.33. The van der Waals surface area contributed by atoms with E-state index in [0.717, 1.165) is 30.8 Å². The fraction of sp³-hybridized carbons (Fsp3) is 0.756. The number of allylic oxidation sites excluding steroid dienone is 7. The molecule has 2 aliphatic heterocycles. The summed E-state index contributed by atoms with van der Waals surface area (Å²) >= 11 is 0. The van der Waals surface area contributed by atoms with Crippen molar-refractivity contribution in [3.8, 4) is 0 Å². The first-order valence-corrected chi connectivity index (χ1v) is 21.3. The summed E-state index contributed by atoms with van der Waals surface area (Å²) in [6.45, 7) is 8.27. The van der Waals surface area contributed by atoms with Gasteiger partial charge in [-0.1, -0.05) is 70.4 Å². The van der Waals surface area contributed by atoms with Crippen LogP contribution in [0.25, 0.3) is 0 Å². The van der Waals surface area contributed by atoms with Gasteiger partial charge in [0.25, 0.3) is 0 Å². The van der Waals surface area contributed by atoms with Gasteiger partial charge in [0, 0.05) is 28.4 Å². The second-order valence-corrected chi connectivity index (χ2v) is 20.0. The standard InChI is InChI=1S/C45H64N2O7/c1-5-6-26-7-10-29-25(2)38(54-34(29)11-8-26)39(51)41(4,52)35-14-16-45(53)36-20-31(48)30-19-32(49)33(50)22-43(30)24-42(28-9-12-37(46)47-23-28)15-13-27(21-40(35,45)3)44(36,43)18-17-42/h9,12-13,15,17-18,20,23,25-27,29-30,32-35,37-39,47,49-53H,5-8,10-11,14,16,19,21-22,24,46H2,1-4H3/t25-,26+,27-,29-,30-,32+,33-,34+,35-,37?,38+,39+,40+,41+,42+,43+,44-,45+/m0/s1. The molecule has 2 heterocycles. The predicted octanol–water partition coefficient (Wildman–Crippen LogP) is 4.73. The van der Waals surface area contributed by atoms with E-state index < -0.39 is 69.1 Å². The molecule has 0 amide bonds. The van der Waals surface area contributed by atoms with Crippen LogP contribution in [-0.2, 0) is 9.53 Å². The topological polar surface area (TPSA) is 166 Å². The van der Waals surface area contributed by atoms with Crippen LogP contribution in [-0.4, -0.2) is 79.2 Å². The van der Waals surface area contributed by atoms with Gasteiger partial charge in [0.2, 0.25) is 0 Å². The fourth-order valence-electron chi connectivity index (χ4n) is 14.9. The Morgan fingerprint density at radius 1 is 1.07 bits per heavy atom. The van der Waals surface area contributed by atoms with Crippen LogP contribution in [0.4, 0.5) is 0 Å². The molecule has 10 rings (SSSR count). The molecule has 18 atom stereocenters. The van der Waals surface area contributed by atoms with Crippen LogP contribution >= 0.6 is 0 Å². The third-order valence-electron chi connectivity index (χ3n) is 17.7. The third-order valence-corrected chi connectivity index (χ3v) is 17.7. The van der Waals surface area contributed by atoms with E-state index in [1.807, 2.05) is 12.3 Å². The van der Waals surface area contributed by atoms with Gasteiger partial charge in [-0.2, -0.15) is 0 Å². The maximum Gasteiger partial charge on any atom is 0.159 e. The molecule has 0 aromatic carbocycles. The summed E-state index contributed by atoms with van der Waals surface area (Å²) in [5.74, 6) is -0.116. The lowest BCUT2D eigenvalue weighted by Crippen LogP contribution is -2.70. The molecule has 0 radical (unpaired) electrons. The molecule has 9 heteroatoms. The Labute approximate surface area is 320 Å². The van der Waals surface area contributed by atoms with Gasteiger partial charge in [0.15, 0.2) is 5.78 Å². The van der Waals surface area contributed by atoms with Gasteiger partial charge in [-0.15, -0.1) is 0 Å². The van der Waals surface area contributed by atoms with Crippen molar-refractivity contribution >= 4 is 5.78 Å². The molecule has 296 valence electrons. The first kappa shape index (κ1) is 37.5. The van der Waals surface area contributed by atoms with Crippen LogP contribution in [0.1, 0.15) is 105 Å². The number of hydrogen-bond donors (Lipinski definition) is 7. The van der Waals surface area contributed by atoms with Crippen LogP contribution < -0.4 is 11.1 Å². The molecule has 2 spiro atoms. The number of ether oxygens (including phenoxy) is 1. The summed E-state index contributed by atoms with van der Waals surface area (Å²) in [5.41, 5.74) is 1.78. The minimum Gasteiger partial charge on any atom is -0.390 e. The highest BCUT2D eigenvalue weighted by Crippen LogP contribution is 2.79. The first-order valence-electron chi connectivity index (χ1n) is 21.3. The van der Waals surface area contributed by atoms with Crippen molar-refractivity contribution in [3.05, 3.63) is 59.9 Å². The lowest BCUT2D eigenvalue weighted by Gasteiger charge is -2.70. The van der Waals surface area contributed by atoms with Crippen LogP contribution in [0.15, 0.2) is 59.9 Å². The van der Waals surface area contributed by atoms with Crippen molar-refractivity contribution in [1.29, 1.82) is 0 Å². The van der Waals surface area contributed by atoms with Crippen LogP contribution in [0, 0.1) is 57.2 Å². The van der Waals surface area contributed by atoms with Crippen LogP contribution in [0.2, 0.25) is 0 Å². The minimum absolute atomic E-state index is 0.0838. The lowest BCUT2D eigenvalue weighted by molar-refractivity contribution is -0.214. The van der Waals surface area contributed by atoms with Crippen molar-refractivity contribution in [2.24, 2.45) is 62.9 Å². The highest BCUT2D eigenvalue weighted by atomic mass is 16.5. The summed E-state index contributed by atoms with van der Waals surface area (Å²) in [5, 5.41) is 64.3. The molecule has 1 unspecified atom stereocenters. The number of carbonyl (C=O) groups excluding carboxylic acids is 1. The van der Waals surface area contributed by atoms with Gasteiger partial charge in [-0.25, -0.2) is 0 Å². The number of ketones is 1. The number of nitrogens with one attached hydrogen (secondary N) is 1. The van der Waals surface area contributed by atoms with Crippen molar-refractivity contribution in [1.82, 2.24) is 5.32 Å². The smallest absolute Gasteiger partial charge is 0.159 e. The maximum absolute atomic E-state index is 14.6. The van der Waals surface area contributed by atoms with Crippen molar-refractivity contribution in [2.45, 2.75) is 153 Å². The molecule has 10 aliphatic rings. The average Bonchev–Trinajstić information content (AvgIpc) is 3.36. The maximum atomic E-state index is 14.6. The number of hydrogen-bond acceptors (Lipinski definition) is 9. The largest absolute Gasteiger partial charge is 0.390 e. The van der Waals surface area contributed by atoms with Gasteiger partial charge in [-0.05, 0) is 123 Å². The van der Waals surface area contributed by atoms with Gasteiger partial charge < -0.3 is 41.3 Å². The Bertz CT molecular complexity index is 1720. The number of rotatable bonds is 6. The van der Waals surface area contributed by atoms with E-state index in [9.17, 15) is 30.3 Å². The predicted molar refractivity (Wildman–Crippen MR) is 205 cm³/mol. The summed E-state index contributed by atoms with van der Waals surface area (Å²) < 4.78 is 6.74. The Kier molecular flexibility index (Phi) is 8.63. The number of carbonyl (C=O) groups is 1. The highest BCUT2D eigenvalue weighted by Gasteiger charge is 2.78. The Morgan fingerprint density at radius 2 is 1.85 bits per heavy atom. The summed E-state index contributed by atoms with van der Waals surface area (Å²) in [6.07, 6.45) is 21.9. The van der Waals surface area contributed by atoms with Crippen molar-refractivity contribution in [2.75, 3.05) is 0 Å². The van der Waals surface area contributed by atoms with Gasteiger partial charge in [-0.3, -0.25) is 4.79 Å². The Morgan fingerprint density at radius 3 is 2.59 bits per heavy atom. The van der Waals surface area contributed by atoms with E-state index in [-0.39, 0.29) is 42.7 Å². The molecule has 4 saturated carbocycles. The van der Waals surface area contributed by atoms with E-state index in [1.165, 1.54) is 19.3 Å². The molecule has 2 bridgehead atoms. The number of dihydropyridines is 1. The van der Waals surface area contributed by atoms with Gasteiger partial charge in [0.1, 0.15) is 6.10 Å². The normalized spacial score (nSPS) is 53.1. The first-order chi connectivity index (χ1) is 25.6. The Hall–Kier alpha value is -2.11. The van der Waals surface area contributed by atoms with E-state index in [2.05, 4.69) is 56.5 Å². The zero-order valence-electron chi connectivity index (χ0n) is 32.7. The van der Waals surface area contributed by atoms with E-state index >= 15 is 0 Å². The number of aliphatic hydroxyl groups is 5. The average molecular weight is 745 g/mol. The number of fused-ring (bicyclic) bond motifs is 3. The van der Waals surface area contributed by atoms with Crippen molar-refractivity contribution < 1.29 is 35.1 Å². The Balaban J connectivity index is 1.11. The summed E-state index contributed by atoms with van der Waals surface area (Å²) in [6, 6.07) is 0. The molecule has 0 aromatic rings. The molecule has 9 nitrogen and oxygen atoms in total. The zero-order chi connectivity index (χ0) is 38.2. The molecule has 54 heavy (non-hydrogen) atoms. The molecule has 8 aliphatic carbocycles.